The third-order valence-electron chi connectivity index (χ3n) is 7.60. The van der Waals surface area contributed by atoms with Crippen molar-refractivity contribution < 1.29 is 27.4 Å². The quantitative estimate of drug-likeness (QED) is 0.528. The highest BCUT2D eigenvalue weighted by atomic mass is 19.4. The average molecular weight is 532 g/mol. The third kappa shape index (κ3) is 4.37. The number of imidazole rings is 1. The maximum absolute atomic E-state index is 12.9. The van der Waals surface area contributed by atoms with Gasteiger partial charge in [0.2, 0.25) is 0 Å². The van der Waals surface area contributed by atoms with Gasteiger partial charge in [0.05, 0.1) is 24.0 Å². The summed E-state index contributed by atoms with van der Waals surface area (Å²) < 4.78 is 52.8. The van der Waals surface area contributed by atoms with Crippen LogP contribution in [0, 0.1) is 5.92 Å². The van der Waals surface area contributed by atoms with Crippen molar-refractivity contribution >= 4 is 28.6 Å². The molecule has 1 aliphatic carbocycles. The number of anilines is 2. The van der Waals surface area contributed by atoms with Crippen LogP contribution in [0.3, 0.4) is 0 Å². The molecule has 13 heteroatoms. The van der Waals surface area contributed by atoms with Crippen LogP contribution in [0.4, 0.5) is 24.8 Å². The van der Waals surface area contributed by atoms with Gasteiger partial charge in [-0.3, -0.25) is 4.79 Å². The van der Waals surface area contributed by atoms with Crippen LogP contribution in [0.25, 0.3) is 11.2 Å². The van der Waals surface area contributed by atoms with Crippen molar-refractivity contribution in [1.82, 2.24) is 24.5 Å². The highest BCUT2D eigenvalue weighted by Gasteiger charge is 2.56. The molecule has 3 fully saturated rings. The summed E-state index contributed by atoms with van der Waals surface area (Å²) in [6.45, 7) is 6.47. The number of ketones is 1. The van der Waals surface area contributed by atoms with E-state index in [0.29, 0.717) is 42.3 Å². The third-order valence-corrected chi connectivity index (χ3v) is 7.60. The van der Waals surface area contributed by atoms with Gasteiger partial charge >= 0.3 is 6.18 Å². The van der Waals surface area contributed by atoms with Gasteiger partial charge in [-0.25, -0.2) is 19.9 Å². The number of aromatic nitrogens is 5. The fourth-order valence-electron chi connectivity index (χ4n) is 5.84. The first-order chi connectivity index (χ1) is 18.0. The molecule has 1 N–H and O–H groups in total. The summed E-state index contributed by atoms with van der Waals surface area (Å²) in [5.74, 6) is 0.0840. The topological polar surface area (TPSA) is 107 Å². The Kier molecular flexibility index (Phi) is 5.83. The number of ether oxygens (including phenoxy) is 2. The smallest absolute Gasteiger partial charge is 0.364 e. The molecule has 1 saturated carbocycles. The van der Waals surface area contributed by atoms with Crippen molar-refractivity contribution in [2.24, 2.45) is 5.92 Å². The predicted octanol–water partition coefficient (Wildman–Crippen LogP) is 3.60. The Balaban J connectivity index is 1.20. The van der Waals surface area contributed by atoms with Gasteiger partial charge in [-0.1, -0.05) is 0 Å². The van der Waals surface area contributed by atoms with Gasteiger partial charge in [-0.15, -0.1) is 0 Å². The number of carbonyl (C=O) groups excluding carboxylic acids is 1. The maximum Gasteiger partial charge on any atom is 0.417 e. The van der Waals surface area contributed by atoms with E-state index in [1.807, 2.05) is 23.3 Å². The zero-order valence-electron chi connectivity index (χ0n) is 21.1. The maximum atomic E-state index is 12.9. The summed E-state index contributed by atoms with van der Waals surface area (Å²) in [5.41, 5.74) is 0.457. The lowest BCUT2D eigenvalue weighted by Gasteiger charge is -2.23. The number of nitrogens with one attached hydrogen (secondary N) is 1. The van der Waals surface area contributed by atoms with Gasteiger partial charge in [0.1, 0.15) is 29.5 Å². The number of halogens is 3. The molecule has 3 aromatic rings. The van der Waals surface area contributed by atoms with Crippen LogP contribution in [0.1, 0.15) is 45.2 Å². The minimum atomic E-state index is -4.41. The number of alkyl halides is 3. The van der Waals surface area contributed by atoms with Gasteiger partial charge in [0, 0.05) is 31.2 Å². The monoisotopic (exact) mass is 531 g/mol. The Hall–Kier alpha value is -3.32. The Morgan fingerprint density at radius 3 is 2.63 bits per heavy atom. The first-order valence-electron chi connectivity index (χ1n) is 12.6. The molecule has 3 aliphatic rings. The molecule has 0 unspecified atom stereocenters. The lowest BCUT2D eigenvalue weighted by molar-refractivity contribution is -0.162. The second-order valence-corrected chi connectivity index (χ2v) is 10.6. The fraction of sp³-hybridized carbons (Fsp3) is 0.560. The van der Waals surface area contributed by atoms with Crippen LogP contribution >= 0.6 is 0 Å². The van der Waals surface area contributed by atoms with Gasteiger partial charge in [0.25, 0.3) is 0 Å². The Labute approximate surface area is 216 Å². The zero-order valence-corrected chi connectivity index (χ0v) is 21.1. The van der Waals surface area contributed by atoms with Crippen molar-refractivity contribution in [3.05, 3.63) is 36.5 Å². The molecule has 0 amide bonds. The summed E-state index contributed by atoms with van der Waals surface area (Å²) in [4.78, 5) is 31.8. The van der Waals surface area contributed by atoms with Crippen LogP contribution in [-0.2, 0) is 20.4 Å². The summed E-state index contributed by atoms with van der Waals surface area (Å²) in [6, 6.07) is 2.27. The van der Waals surface area contributed by atoms with Crippen LogP contribution in [0.5, 0.6) is 0 Å². The molecule has 0 bridgehead atoms. The Morgan fingerprint density at radius 2 is 1.92 bits per heavy atom. The largest absolute Gasteiger partial charge is 0.417 e. The molecule has 0 spiro atoms. The minimum Gasteiger partial charge on any atom is -0.364 e. The zero-order chi connectivity index (χ0) is 26.8. The molecule has 5 atom stereocenters. The molecule has 2 saturated heterocycles. The van der Waals surface area contributed by atoms with E-state index in [1.54, 1.807) is 13.3 Å². The second-order valence-electron chi connectivity index (χ2n) is 10.6. The van der Waals surface area contributed by atoms with Gasteiger partial charge in [0.15, 0.2) is 17.3 Å². The minimum absolute atomic E-state index is 0.00679. The molecule has 0 radical (unpaired) electrons. The van der Waals surface area contributed by atoms with Crippen LogP contribution in [0.2, 0.25) is 0 Å². The first-order valence-corrected chi connectivity index (χ1v) is 12.6. The van der Waals surface area contributed by atoms with E-state index in [-0.39, 0.29) is 36.0 Å². The molecule has 5 heterocycles. The lowest BCUT2D eigenvalue weighted by atomic mass is 10.0. The highest BCUT2D eigenvalue weighted by molar-refractivity contribution is 5.83. The number of hydrogen-bond donors (Lipinski definition) is 1. The summed E-state index contributed by atoms with van der Waals surface area (Å²) in [6.07, 6.45) is 0.311. The Morgan fingerprint density at radius 1 is 1.13 bits per heavy atom. The molecule has 202 valence electrons. The molecule has 10 nitrogen and oxygen atoms in total. The molecule has 38 heavy (non-hydrogen) atoms. The number of rotatable bonds is 5. The van der Waals surface area contributed by atoms with E-state index >= 15 is 0 Å². The van der Waals surface area contributed by atoms with E-state index in [0.717, 1.165) is 18.7 Å². The lowest BCUT2D eigenvalue weighted by Crippen LogP contribution is -2.29. The van der Waals surface area contributed by atoms with Crippen molar-refractivity contribution in [1.29, 1.82) is 0 Å². The number of hydrogen-bond acceptors (Lipinski definition) is 9. The molecule has 6 rings (SSSR count). The van der Waals surface area contributed by atoms with E-state index in [4.69, 9.17) is 9.47 Å². The van der Waals surface area contributed by atoms with Crippen molar-refractivity contribution in [2.45, 2.75) is 69.9 Å². The SMILES string of the molecule is CC(=O)[C@H]1C[C@@H](n2cnc3c(N[C@H]4CCN(c5ccc(C(F)(F)F)cn5)C4)ncnc32)[C@@H]2OC(C)(C)O[C@@H]21. The Bertz CT molecular complexity index is 1360. The average Bonchev–Trinajstić information content (AvgIpc) is 3.61. The van der Waals surface area contributed by atoms with Crippen molar-refractivity contribution in [3.63, 3.8) is 0 Å². The van der Waals surface area contributed by atoms with E-state index in [9.17, 15) is 18.0 Å². The van der Waals surface area contributed by atoms with Crippen LogP contribution in [-0.4, -0.2) is 67.4 Å². The molecule has 3 aromatic heterocycles. The second kappa shape index (κ2) is 8.87. The number of Topliss-reactive ketones (excluding diaryl/α,β-unsaturated/α-hetero) is 1. The number of pyridine rings is 1. The van der Waals surface area contributed by atoms with Crippen LogP contribution in [0.15, 0.2) is 31.0 Å². The first kappa shape index (κ1) is 25.0. The normalized spacial score (nSPS) is 28.7. The summed E-state index contributed by atoms with van der Waals surface area (Å²) in [7, 11) is 0. The molecular formula is C25H28F3N7O3. The van der Waals surface area contributed by atoms with E-state index < -0.39 is 17.5 Å². The number of fused-ring (bicyclic) bond motifs is 2. The number of nitrogens with zero attached hydrogens (tertiary/aromatic N) is 6. The standard InChI is InChI=1S/C25H28F3N7O3/c1-13(36)16-8-17(21-20(16)37-24(2,3)38-21)35-12-32-19-22(30-11-31-23(19)35)33-15-6-7-34(10-15)18-5-4-14(9-29-18)25(26,27)28/h4-5,9,11-12,15-17,20-21H,6-8,10H2,1-3H3,(H,30,31,33)/t15-,16+,17+,20+,21-/m0/s1. The molecular weight excluding hydrogens is 503 g/mol. The molecule has 0 aromatic carbocycles. The van der Waals surface area contributed by atoms with E-state index in [1.165, 1.54) is 12.4 Å². The summed E-state index contributed by atoms with van der Waals surface area (Å²) >= 11 is 0. The van der Waals surface area contributed by atoms with Crippen molar-refractivity contribution in [2.75, 3.05) is 23.3 Å². The summed E-state index contributed by atoms with van der Waals surface area (Å²) in [5, 5.41) is 3.42. The predicted molar refractivity (Wildman–Crippen MR) is 130 cm³/mol. The van der Waals surface area contributed by atoms with E-state index in [2.05, 4.69) is 25.3 Å². The fourth-order valence-corrected chi connectivity index (χ4v) is 5.84. The molecule has 2 aliphatic heterocycles. The van der Waals surface area contributed by atoms with Gasteiger partial charge < -0.3 is 24.3 Å². The van der Waals surface area contributed by atoms with Gasteiger partial charge in [-0.05, 0) is 45.7 Å². The van der Waals surface area contributed by atoms with Gasteiger partial charge in [-0.2, -0.15) is 13.2 Å². The van der Waals surface area contributed by atoms with Crippen LogP contribution < -0.4 is 10.2 Å². The highest BCUT2D eigenvalue weighted by Crippen LogP contribution is 2.48. The van der Waals surface area contributed by atoms with Crippen molar-refractivity contribution in [3.8, 4) is 0 Å². The number of carbonyl (C=O) groups is 1.